The van der Waals surface area contributed by atoms with Crippen LogP contribution in [0.2, 0.25) is 5.02 Å². The van der Waals surface area contributed by atoms with Gasteiger partial charge in [-0.05, 0) is 57.4 Å². The van der Waals surface area contributed by atoms with E-state index >= 15 is 0 Å². The van der Waals surface area contributed by atoms with Gasteiger partial charge in [0, 0.05) is 37.0 Å². The Kier molecular flexibility index (Phi) is 9.85. The van der Waals surface area contributed by atoms with E-state index in [4.69, 9.17) is 16.3 Å². The summed E-state index contributed by atoms with van der Waals surface area (Å²) in [5, 5.41) is 12.9. The summed E-state index contributed by atoms with van der Waals surface area (Å²) in [5.74, 6) is 0.773. The van der Waals surface area contributed by atoms with Gasteiger partial charge in [0.2, 0.25) is 0 Å². The molecule has 0 fully saturated rings. The summed E-state index contributed by atoms with van der Waals surface area (Å²) in [6, 6.07) is 11.7. The number of aromatic nitrogens is 2. The Morgan fingerprint density at radius 2 is 1.89 bits per heavy atom. The Morgan fingerprint density at radius 3 is 2.49 bits per heavy atom. The predicted octanol–water partition coefficient (Wildman–Crippen LogP) is 4.37. The third kappa shape index (κ3) is 7.88. The minimum Gasteiger partial charge on any atom is -0.489 e. The van der Waals surface area contributed by atoms with Gasteiger partial charge >= 0.3 is 10.5 Å². The molecule has 3 aromatic rings. The molecule has 9 nitrogen and oxygen atoms in total. The maximum atomic E-state index is 12.9. The maximum absolute atomic E-state index is 12.9. The van der Waals surface area contributed by atoms with E-state index in [1.165, 1.54) is 0 Å². The van der Waals surface area contributed by atoms with Crippen molar-refractivity contribution >= 4 is 28.0 Å². The molecule has 0 saturated heterocycles. The molecule has 2 atom stereocenters. The number of hydrogen-bond donors (Lipinski definition) is 2. The molecule has 0 aliphatic heterocycles. The molecular formula is C26H31ClN4O5S. The average Bonchev–Trinajstić information content (AvgIpc) is 3.22. The Labute approximate surface area is 223 Å². The fourth-order valence-electron chi connectivity index (χ4n) is 3.92. The molecule has 0 bridgehead atoms. The number of nitrogens with one attached hydrogen (secondary N) is 1. The number of hydrogen-bond acceptors (Lipinski definition) is 7. The van der Waals surface area contributed by atoms with Gasteiger partial charge in [0.1, 0.15) is 17.6 Å². The number of carbonyl (C=O) groups is 1. The molecule has 0 spiro atoms. The molecule has 0 aliphatic rings. The van der Waals surface area contributed by atoms with Crippen molar-refractivity contribution in [1.82, 2.24) is 14.9 Å². The fraction of sp³-hybridized carbons (Fsp3) is 0.385. The first-order valence-electron chi connectivity index (χ1n) is 11.9. The number of amides is 1. The van der Waals surface area contributed by atoms with Gasteiger partial charge < -0.3 is 19.7 Å². The molecular weight excluding hydrogens is 516 g/mol. The monoisotopic (exact) mass is 546 g/mol. The average molecular weight is 547 g/mol. The summed E-state index contributed by atoms with van der Waals surface area (Å²) >= 11 is 6.28. The number of ether oxygens (including phenoxy) is 1. The lowest BCUT2D eigenvalue weighted by molar-refractivity contribution is 0.0930. The predicted molar refractivity (Wildman–Crippen MR) is 142 cm³/mol. The summed E-state index contributed by atoms with van der Waals surface area (Å²) in [6.07, 6.45) is 2.70. The Morgan fingerprint density at radius 1 is 1.19 bits per heavy atom. The Hall–Kier alpha value is -3.21. The van der Waals surface area contributed by atoms with Crippen LogP contribution in [0, 0.1) is 0 Å². The lowest BCUT2D eigenvalue weighted by atomic mass is 10.0. The standard InChI is InChI=1S/C26H31ClN4O5S/c1-16(2)36-24-10-9-20(14-22(24)27)26(33)28-21(11-12-32)13-18-5-7-19(8-6-18)23-15-31(4)25(29-23)17(3)30-37(34)35/h5-10,14-17,21,32H,11-13H2,1-4H3,(H,28,33)/t17?,21-/m1/s1. The number of halogens is 1. The molecule has 3 rings (SSSR count). The fourth-order valence-corrected chi connectivity index (χ4v) is 4.50. The van der Waals surface area contributed by atoms with Crippen LogP contribution in [0.15, 0.2) is 53.0 Å². The highest BCUT2D eigenvalue weighted by Crippen LogP contribution is 2.27. The van der Waals surface area contributed by atoms with Gasteiger partial charge in [-0.15, -0.1) is 0 Å². The summed E-state index contributed by atoms with van der Waals surface area (Å²) in [6.45, 7) is 5.39. The number of aliphatic hydroxyl groups excluding tert-OH is 1. The van der Waals surface area contributed by atoms with Gasteiger partial charge in [-0.2, -0.15) is 12.8 Å². The summed E-state index contributed by atoms with van der Waals surface area (Å²) in [5.41, 5.74) is 2.95. The number of carbonyl (C=O) groups excluding carboxylic acids is 1. The SMILES string of the molecule is CC(C)Oc1ccc(C(=O)N[C@H](CCO)Cc2ccc(-c3cn(C)c(C(C)N=S(=O)=O)n3)cc2)cc1Cl. The van der Waals surface area contributed by atoms with Crippen molar-refractivity contribution in [2.24, 2.45) is 11.4 Å². The van der Waals surface area contributed by atoms with Crippen LogP contribution in [-0.2, 0) is 24.0 Å². The van der Waals surface area contributed by atoms with Gasteiger partial charge in [0.05, 0.1) is 16.8 Å². The number of rotatable bonds is 11. The zero-order chi connectivity index (χ0) is 27.1. The number of imidazole rings is 1. The van der Waals surface area contributed by atoms with Gasteiger partial charge in [0.25, 0.3) is 5.91 Å². The molecule has 0 aliphatic carbocycles. The van der Waals surface area contributed by atoms with Crippen LogP contribution >= 0.6 is 11.6 Å². The van der Waals surface area contributed by atoms with Crippen molar-refractivity contribution in [2.75, 3.05) is 6.61 Å². The lowest BCUT2D eigenvalue weighted by Crippen LogP contribution is -2.37. The molecule has 0 radical (unpaired) electrons. The van der Waals surface area contributed by atoms with Crippen LogP contribution in [0.25, 0.3) is 11.3 Å². The smallest absolute Gasteiger partial charge is 0.311 e. The molecule has 198 valence electrons. The second-order valence-corrected chi connectivity index (χ2v) is 10.0. The molecule has 1 amide bonds. The van der Waals surface area contributed by atoms with Gasteiger partial charge in [-0.1, -0.05) is 35.9 Å². The molecule has 1 aromatic heterocycles. The van der Waals surface area contributed by atoms with E-state index in [1.54, 1.807) is 36.7 Å². The molecule has 37 heavy (non-hydrogen) atoms. The first kappa shape index (κ1) is 28.4. The van der Waals surface area contributed by atoms with E-state index in [9.17, 15) is 18.3 Å². The summed E-state index contributed by atoms with van der Waals surface area (Å²) in [7, 11) is -0.718. The highest BCUT2D eigenvalue weighted by Gasteiger charge is 2.17. The van der Waals surface area contributed by atoms with Crippen LogP contribution in [0.3, 0.4) is 0 Å². The normalized spacial score (nSPS) is 12.7. The largest absolute Gasteiger partial charge is 0.489 e. The van der Waals surface area contributed by atoms with Crippen molar-refractivity contribution < 1.29 is 23.1 Å². The van der Waals surface area contributed by atoms with Crippen LogP contribution in [-0.4, -0.2) is 47.7 Å². The van der Waals surface area contributed by atoms with E-state index in [2.05, 4.69) is 14.7 Å². The Balaban J connectivity index is 1.70. The Bertz CT molecular complexity index is 1360. The highest BCUT2D eigenvalue weighted by atomic mass is 35.5. The number of aryl methyl sites for hydroxylation is 1. The first-order chi connectivity index (χ1) is 17.6. The zero-order valence-electron chi connectivity index (χ0n) is 21.2. The van der Waals surface area contributed by atoms with Crippen molar-refractivity contribution in [3.63, 3.8) is 0 Å². The quantitative estimate of drug-likeness (QED) is 0.368. The van der Waals surface area contributed by atoms with E-state index < -0.39 is 16.5 Å². The van der Waals surface area contributed by atoms with E-state index in [0.29, 0.717) is 40.7 Å². The zero-order valence-corrected chi connectivity index (χ0v) is 22.8. The molecule has 11 heteroatoms. The van der Waals surface area contributed by atoms with Crippen LogP contribution in [0.5, 0.6) is 5.75 Å². The van der Waals surface area contributed by atoms with E-state index in [1.807, 2.05) is 44.3 Å². The lowest BCUT2D eigenvalue weighted by Gasteiger charge is -2.19. The minimum absolute atomic E-state index is 0.0352. The van der Waals surface area contributed by atoms with Crippen LogP contribution in [0.4, 0.5) is 0 Å². The molecule has 2 N–H and O–H groups in total. The summed E-state index contributed by atoms with van der Waals surface area (Å²) < 4.78 is 32.8. The highest BCUT2D eigenvalue weighted by molar-refractivity contribution is 7.61. The third-order valence-corrected chi connectivity index (χ3v) is 6.42. The van der Waals surface area contributed by atoms with Gasteiger partial charge in [0.15, 0.2) is 0 Å². The van der Waals surface area contributed by atoms with Crippen molar-refractivity contribution in [1.29, 1.82) is 0 Å². The number of nitrogens with zero attached hydrogens (tertiary/aromatic N) is 3. The first-order valence-corrected chi connectivity index (χ1v) is 13.3. The van der Waals surface area contributed by atoms with Crippen LogP contribution in [0.1, 0.15) is 55.0 Å². The topological polar surface area (TPSA) is 123 Å². The van der Waals surface area contributed by atoms with Gasteiger partial charge in [-0.3, -0.25) is 4.79 Å². The van der Waals surface area contributed by atoms with E-state index in [-0.39, 0.29) is 24.7 Å². The number of aliphatic hydroxyl groups is 1. The number of benzene rings is 2. The molecule has 1 heterocycles. The van der Waals surface area contributed by atoms with Gasteiger partial charge in [-0.25, -0.2) is 4.98 Å². The van der Waals surface area contributed by atoms with Crippen molar-refractivity contribution in [2.45, 2.75) is 51.8 Å². The van der Waals surface area contributed by atoms with E-state index in [0.717, 1.165) is 11.1 Å². The maximum Gasteiger partial charge on any atom is 0.311 e. The van der Waals surface area contributed by atoms with Crippen molar-refractivity contribution in [3.8, 4) is 17.0 Å². The van der Waals surface area contributed by atoms with Crippen molar-refractivity contribution in [3.05, 3.63) is 70.6 Å². The second kappa shape index (κ2) is 12.8. The molecule has 1 unspecified atom stereocenters. The summed E-state index contributed by atoms with van der Waals surface area (Å²) in [4.78, 5) is 17.4. The minimum atomic E-state index is -2.51. The molecule has 0 saturated carbocycles. The molecule has 2 aromatic carbocycles. The second-order valence-electron chi connectivity index (χ2n) is 8.99. The van der Waals surface area contributed by atoms with Crippen LogP contribution < -0.4 is 10.1 Å². The third-order valence-electron chi connectivity index (χ3n) is 5.63.